The summed E-state index contributed by atoms with van der Waals surface area (Å²) in [5, 5.41) is 14.9. The first-order valence-corrected chi connectivity index (χ1v) is 16.4. The Morgan fingerprint density at radius 1 is 1.12 bits per heavy atom. The average molecular weight is 740 g/mol. The summed E-state index contributed by atoms with van der Waals surface area (Å²) >= 11 is 6.42. The van der Waals surface area contributed by atoms with E-state index in [2.05, 4.69) is 31.3 Å². The van der Waals surface area contributed by atoms with Crippen LogP contribution in [0.25, 0.3) is 11.3 Å². The molecule has 2 aliphatic carbocycles. The van der Waals surface area contributed by atoms with Gasteiger partial charge in [0.05, 0.1) is 34.1 Å². The van der Waals surface area contributed by atoms with Gasteiger partial charge in [-0.25, -0.2) is 18.6 Å². The van der Waals surface area contributed by atoms with Crippen molar-refractivity contribution in [3.63, 3.8) is 0 Å². The summed E-state index contributed by atoms with van der Waals surface area (Å²) < 4.78 is 75.2. The molecule has 272 valence electrons. The van der Waals surface area contributed by atoms with Gasteiger partial charge < -0.3 is 35.5 Å². The lowest BCUT2D eigenvalue weighted by Gasteiger charge is -2.39. The summed E-state index contributed by atoms with van der Waals surface area (Å²) in [4.78, 5) is 55.5. The van der Waals surface area contributed by atoms with Crippen LogP contribution in [-0.2, 0) is 22.8 Å². The minimum absolute atomic E-state index is 0.0190. The zero-order valence-electron chi connectivity index (χ0n) is 26.7. The number of carbonyl (C=O) groups excluding carboxylic acids is 4. The molecular weight excluding hydrogens is 709 g/mol. The third-order valence-electron chi connectivity index (χ3n) is 9.92. The Morgan fingerprint density at radius 3 is 2.57 bits per heavy atom. The molecule has 0 bridgehead atoms. The second-order valence-corrected chi connectivity index (χ2v) is 13.6. The second-order valence-electron chi connectivity index (χ2n) is 13.2. The molecule has 2 aliphatic heterocycles. The number of hydrogen-bond donors (Lipinski definition) is 4. The predicted octanol–water partition coefficient (Wildman–Crippen LogP) is 3.06. The summed E-state index contributed by atoms with van der Waals surface area (Å²) in [5.41, 5.74) is -1.75. The fourth-order valence-electron chi connectivity index (χ4n) is 7.02. The number of likely N-dealkylation sites (tertiary alicyclic amines) is 1. The number of aromatic nitrogens is 4. The van der Waals surface area contributed by atoms with Gasteiger partial charge in [0.2, 0.25) is 0 Å². The molecule has 1 aromatic carbocycles. The van der Waals surface area contributed by atoms with Crippen molar-refractivity contribution < 1.29 is 45.9 Å². The quantitative estimate of drug-likeness (QED) is 0.192. The molecule has 4 fully saturated rings. The van der Waals surface area contributed by atoms with Gasteiger partial charge in [-0.3, -0.25) is 19.1 Å². The van der Waals surface area contributed by atoms with Gasteiger partial charge >= 0.3 is 12.2 Å². The number of urea groups is 1. The highest BCUT2D eigenvalue weighted by molar-refractivity contribution is 6.34. The lowest BCUT2D eigenvalue weighted by atomic mass is 9.71. The monoisotopic (exact) mass is 739 g/mol. The number of hydrogen-bond acceptors (Lipinski definition) is 8. The van der Waals surface area contributed by atoms with E-state index in [-0.39, 0.29) is 57.7 Å². The number of benzene rings is 1. The largest absolute Gasteiger partial charge is 0.461 e. The molecule has 14 nitrogen and oxygen atoms in total. The molecule has 3 aromatic rings. The zero-order valence-corrected chi connectivity index (χ0v) is 27.5. The van der Waals surface area contributed by atoms with E-state index >= 15 is 0 Å². The van der Waals surface area contributed by atoms with Crippen LogP contribution in [-0.4, -0.2) is 98.8 Å². The topological polar surface area (TPSA) is 165 Å². The van der Waals surface area contributed by atoms with E-state index in [1.54, 1.807) is 4.90 Å². The highest BCUT2D eigenvalue weighted by atomic mass is 35.5. The summed E-state index contributed by atoms with van der Waals surface area (Å²) in [6.45, 7) is 2.25. The van der Waals surface area contributed by atoms with Crippen molar-refractivity contribution in [2.45, 2.75) is 49.2 Å². The SMILES string of the molecule is Cn1c(-c2cn(C3CC3(F)F)nc2C(F)(F)F)cnc1C(=O)Nc1ccc(C(=O)NC2CC3CN(C(=O)N[C@H]4CNC[C@@H]4OC=O)CC32)c(Cl)c1. The van der Waals surface area contributed by atoms with Crippen molar-refractivity contribution in [2.24, 2.45) is 18.9 Å². The molecule has 2 aromatic heterocycles. The first-order valence-electron chi connectivity index (χ1n) is 16.0. The smallest absolute Gasteiger partial charge is 0.435 e. The fraction of sp³-hybridized carbons (Fsp3) is 0.484. The average Bonchev–Trinajstić information content (AvgIpc) is 3.59. The number of carbonyl (C=O) groups is 4. The van der Waals surface area contributed by atoms with Crippen molar-refractivity contribution in [2.75, 3.05) is 31.5 Å². The van der Waals surface area contributed by atoms with E-state index in [4.69, 9.17) is 16.3 Å². The van der Waals surface area contributed by atoms with Crippen molar-refractivity contribution in [3.8, 4) is 11.3 Å². The van der Waals surface area contributed by atoms with E-state index in [1.807, 2.05) is 0 Å². The van der Waals surface area contributed by atoms with Crippen molar-refractivity contribution in [3.05, 3.63) is 52.7 Å². The summed E-state index contributed by atoms with van der Waals surface area (Å²) in [5.74, 6) is -4.45. The molecule has 4 amide bonds. The Balaban J connectivity index is 0.961. The molecule has 4 N–H and O–H groups in total. The van der Waals surface area contributed by atoms with Gasteiger partial charge in [0.1, 0.15) is 12.1 Å². The number of rotatable bonds is 9. The van der Waals surface area contributed by atoms with E-state index in [0.29, 0.717) is 43.8 Å². The van der Waals surface area contributed by atoms with Crippen molar-refractivity contribution >= 4 is 41.6 Å². The van der Waals surface area contributed by atoms with Crippen LogP contribution in [0.5, 0.6) is 0 Å². The van der Waals surface area contributed by atoms with Crippen LogP contribution in [0.4, 0.5) is 32.4 Å². The van der Waals surface area contributed by atoms with E-state index in [9.17, 15) is 41.1 Å². The molecule has 4 heterocycles. The Labute approximate surface area is 291 Å². The molecule has 4 aliphatic rings. The number of ether oxygens (including phenoxy) is 1. The van der Waals surface area contributed by atoms with Gasteiger partial charge in [-0.1, -0.05) is 11.6 Å². The van der Waals surface area contributed by atoms with Gasteiger partial charge in [-0.15, -0.1) is 0 Å². The van der Waals surface area contributed by atoms with E-state index in [0.717, 1.165) is 17.0 Å². The maximum Gasteiger partial charge on any atom is 0.435 e. The van der Waals surface area contributed by atoms with Gasteiger partial charge in [0.15, 0.2) is 11.5 Å². The van der Waals surface area contributed by atoms with E-state index in [1.165, 1.54) is 25.2 Å². The highest BCUT2D eigenvalue weighted by Crippen LogP contribution is 2.53. The van der Waals surface area contributed by atoms with Crippen LogP contribution >= 0.6 is 11.6 Å². The molecule has 51 heavy (non-hydrogen) atoms. The number of nitrogens with zero attached hydrogens (tertiary/aromatic N) is 5. The third-order valence-corrected chi connectivity index (χ3v) is 10.2. The van der Waals surface area contributed by atoms with Gasteiger partial charge in [-0.2, -0.15) is 18.3 Å². The normalized spacial score (nSPS) is 26.2. The van der Waals surface area contributed by atoms with Gasteiger partial charge in [0, 0.05) is 63.5 Å². The lowest BCUT2D eigenvalue weighted by molar-refractivity contribution is -0.141. The molecule has 2 saturated carbocycles. The maximum absolute atomic E-state index is 13.8. The summed E-state index contributed by atoms with van der Waals surface area (Å²) in [7, 11) is 1.30. The number of halogens is 6. The first-order chi connectivity index (χ1) is 24.1. The molecule has 6 atom stereocenters. The van der Waals surface area contributed by atoms with Crippen molar-refractivity contribution in [1.82, 2.24) is 40.2 Å². The summed E-state index contributed by atoms with van der Waals surface area (Å²) in [6, 6.07) is 1.87. The van der Waals surface area contributed by atoms with Crippen molar-refractivity contribution in [1.29, 1.82) is 0 Å². The molecule has 0 radical (unpaired) electrons. The van der Waals surface area contributed by atoms with Crippen LogP contribution in [0.1, 0.15) is 45.6 Å². The number of anilines is 1. The maximum atomic E-state index is 13.8. The Kier molecular flexibility index (Phi) is 8.68. The number of fused-ring (bicyclic) bond motifs is 1. The molecular formula is C31H31ClF5N9O5. The van der Waals surface area contributed by atoms with E-state index < -0.39 is 53.7 Å². The number of alkyl halides is 5. The van der Waals surface area contributed by atoms with Gasteiger partial charge in [-0.05, 0) is 30.5 Å². The fourth-order valence-corrected chi connectivity index (χ4v) is 7.28. The summed E-state index contributed by atoms with van der Waals surface area (Å²) in [6.07, 6.45) is -3.48. The van der Waals surface area contributed by atoms with Gasteiger partial charge in [0.25, 0.3) is 24.2 Å². The van der Waals surface area contributed by atoms with Crippen LogP contribution in [0.15, 0.2) is 30.6 Å². The van der Waals surface area contributed by atoms with Crippen LogP contribution < -0.4 is 21.3 Å². The number of nitrogens with one attached hydrogen (secondary N) is 4. The zero-order chi connectivity index (χ0) is 36.4. The minimum Gasteiger partial charge on any atom is -0.461 e. The minimum atomic E-state index is -4.96. The molecule has 7 rings (SSSR count). The highest BCUT2D eigenvalue weighted by Gasteiger charge is 2.59. The second kappa shape index (κ2) is 12.8. The molecule has 2 saturated heterocycles. The molecule has 4 unspecified atom stereocenters. The number of imidazole rings is 1. The van der Waals surface area contributed by atoms with Crippen LogP contribution in [0, 0.1) is 11.8 Å². The van der Waals surface area contributed by atoms with Crippen LogP contribution in [0.2, 0.25) is 5.02 Å². The predicted molar refractivity (Wildman–Crippen MR) is 168 cm³/mol. The lowest BCUT2D eigenvalue weighted by Crippen LogP contribution is -2.52. The first kappa shape index (κ1) is 34.7. The Hall–Kier alpha value is -4.78. The Morgan fingerprint density at radius 2 is 1.88 bits per heavy atom. The standard InChI is InChI=1S/C31H31ClF5N9O5/c1-44-22(18-12-46(24-6-30(24,33)34)43-25(18)31(35,36)37)8-39-26(44)28(49)40-15-2-3-16(19(32)5-15)27(48)41-20-4-14-10-45(11-17(14)20)29(50)42-21-7-38-9-23(21)51-13-47/h2-3,5,8,12-14,17,20-21,23-24,38H,4,6-7,9-11H2,1H3,(H,40,49)(H,41,48)(H,42,50)/t14?,17?,20?,21-,23-,24?/m0/s1. The Bertz CT molecular complexity index is 1900. The van der Waals surface area contributed by atoms with Crippen LogP contribution in [0.3, 0.4) is 0 Å². The number of amides is 4. The third kappa shape index (κ3) is 6.59. The molecule has 20 heteroatoms. The molecule has 0 spiro atoms.